The molecule has 0 radical (unpaired) electrons. The van der Waals surface area contributed by atoms with Crippen LogP contribution in [0.1, 0.15) is 68.3 Å². The molecule has 1 aromatic carbocycles. The molecule has 6 nitrogen and oxygen atoms in total. The Kier molecular flexibility index (Phi) is 5.60. The fourth-order valence-electron chi connectivity index (χ4n) is 6.19. The molecule has 5 rings (SSSR count). The summed E-state index contributed by atoms with van der Waals surface area (Å²) < 4.78 is 0. The minimum absolute atomic E-state index is 0.0281. The van der Waals surface area contributed by atoms with E-state index in [0.29, 0.717) is 23.3 Å². The van der Waals surface area contributed by atoms with Crippen LogP contribution in [0.5, 0.6) is 0 Å². The van der Waals surface area contributed by atoms with E-state index in [2.05, 4.69) is 16.2 Å². The summed E-state index contributed by atoms with van der Waals surface area (Å²) >= 11 is 0. The van der Waals surface area contributed by atoms with Gasteiger partial charge in [0.25, 0.3) is 11.8 Å². The lowest BCUT2D eigenvalue weighted by atomic mass is 9.49. The minimum atomic E-state index is -0.677. The van der Waals surface area contributed by atoms with Crippen LogP contribution in [0.25, 0.3) is 0 Å². The van der Waals surface area contributed by atoms with Crippen LogP contribution in [0.15, 0.2) is 24.3 Å². The van der Waals surface area contributed by atoms with E-state index in [-0.39, 0.29) is 29.1 Å². The Labute approximate surface area is 178 Å². The Morgan fingerprint density at radius 1 is 0.900 bits per heavy atom. The molecule has 4 fully saturated rings. The number of carbonyl (C=O) groups excluding carboxylic acids is 3. The maximum atomic E-state index is 13.3. The third-order valence-corrected chi connectivity index (χ3v) is 7.37. The molecule has 0 saturated heterocycles. The predicted molar refractivity (Wildman–Crippen MR) is 114 cm³/mol. The number of carbonyl (C=O) groups is 3. The lowest BCUT2D eigenvalue weighted by molar-refractivity contribution is -0.149. The second-order valence-corrected chi connectivity index (χ2v) is 10.2. The highest BCUT2D eigenvalue weighted by atomic mass is 16.2. The number of rotatable bonds is 5. The molecule has 1 atom stereocenters. The van der Waals surface area contributed by atoms with Crippen molar-refractivity contribution in [3.8, 4) is 0 Å². The molecule has 3 amide bonds. The Hall–Kier alpha value is -2.37. The highest BCUT2D eigenvalue weighted by molar-refractivity contribution is 5.96. The first-order valence-corrected chi connectivity index (χ1v) is 11.2. The van der Waals surface area contributed by atoms with Crippen LogP contribution < -0.4 is 16.2 Å². The number of hydrogen-bond acceptors (Lipinski definition) is 3. The second kappa shape index (κ2) is 8.05. The average Bonchev–Trinajstić information content (AvgIpc) is 2.69. The first kappa shape index (κ1) is 20.9. The molecule has 4 aliphatic rings. The first-order chi connectivity index (χ1) is 14.3. The van der Waals surface area contributed by atoms with Crippen molar-refractivity contribution in [2.24, 2.45) is 29.1 Å². The minimum Gasteiger partial charge on any atom is -0.344 e. The summed E-state index contributed by atoms with van der Waals surface area (Å²) in [6.07, 6.45) is 6.69. The van der Waals surface area contributed by atoms with Crippen LogP contribution in [-0.4, -0.2) is 23.8 Å². The number of hydrogen-bond donors (Lipinski definition) is 3. The Morgan fingerprint density at radius 3 is 1.93 bits per heavy atom. The summed E-state index contributed by atoms with van der Waals surface area (Å²) in [6, 6.07) is 6.44. The van der Waals surface area contributed by atoms with Crippen LogP contribution in [0.2, 0.25) is 0 Å². The Morgan fingerprint density at radius 2 is 1.43 bits per heavy atom. The molecule has 162 valence electrons. The summed E-state index contributed by atoms with van der Waals surface area (Å²) in [5, 5.41) is 3.04. The van der Waals surface area contributed by atoms with E-state index in [4.69, 9.17) is 0 Å². The van der Waals surface area contributed by atoms with Gasteiger partial charge in [-0.05, 0) is 81.3 Å². The maximum absolute atomic E-state index is 13.3. The number of nitrogens with one attached hydrogen (secondary N) is 3. The molecule has 4 aliphatic carbocycles. The number of amides is 3. The van der Waals surface area contributed by atoms with Gasteiger partial charge in [-0.25, -0.2) is 0 Å². The van der Waals surface area contributed by atoms with Gasteiger partial charge in [0.05, 0.1) is 0 Å². The van der Waals surface area contributed by atoms with Crippen molar-refractivity contribution in [1.29, 1.82) is 0 Å². The highest BCUT2D eigenvalue weighted by Crippen LogP contribution is 2.60. The van der Waals surface area contributed by atoms with Gasteiger partial charge in [-0.15, -0.1) is 0 Å². The van der Waals surface area contributed by atoms with Gasteiger partial charge in [-0.3, -0.25) is 25.2 Å². The third-order valence-electron chi connectivity index (χ3n) is 7.37. The van der Waals surface area contributed by atoms with E-state index in [1.165, 1.54) is 19.3 Å². The van der Waals surface area contributed by atoms with Crippen LogP contribution in [0.4, 0.5) is 0 Å². The topological polar surface area (TPSA) is 87.3 Å². The van der Waals surface area contributed by atoms with Crippen molar-refractivity contribution in [1.82, 2.24) is 16.2 Å². The zero-order valence-electron chi connectivity index (χ0n) is 18.2. The molecule has 6 heteroatoms. The standard InChI is InChI=1S/C24H33N3O3/c1-14(2)20(22(29)27-26-21(28)19-6-4-15(3)5-7-19)25-23(30)24-11-16-8-17(12-24)10-18(9-16)13-24/h4-7,14,16-18,20H,8-13H2,1-3H3,(H,25,30)(H,26,28)(H,27,29)/t16?,17?,18?,20-,24?/m1/s1. The lowest BCUT2D eigenvalue weighted by Crippen LogP contribution is -2.59. The number of hydrazine groups is 1. The second-order valence-electron chi connectivity index (χ2n) is 10.2. The van der Waals surface area contributed by atoms with E-state index in [1.54, 1.807) is 12.1 Å². The van der Waals surface area contributed by atoms with Crippen molar-refractivity contribution < 1.29 is 14.4 Å². The first-order valence-electron chi connectivity index (χ1n) is 11.2. The smallest absolute Gasteiger partial charge is 0.269 e. The van der Waals surface area contributed by atoms with Gasteiger partial charge in [0.2, 0.25) is 5.91 Å². The zero-order chi connectivity index (χ0) is 21.5. The number of benzene rings is 1. The third kappa shape index (κ3) is 4.09. The summed E-state index contributed by atoms with van der Waals surface area (Å²) in [6.45, 7) is 5.77. The fourth-order valence-corrected chi connectivity index (χ4v) is 6.19. The molecule has 0 unspecified atom stereocenters. The van der Waals surface area contributed by atoms with E-state index >= 15 is 0 Å². The zero-order valence-corrected chi connectivity index (χ0v) is 18.2. The molecule has 0 aliphatic heterocycles. The molecule has 0 aromatic heterocycles. The monoisotopic (exact) mass is 411 g/mol. The molecule has 0 heterocycles. The van der Waals surface area contributed by atoms with Gasteiger partial charge in [0.1, 0.15) is 6.04 Å². The number of aryl methyl sites for hydroxylation is 1. The summed E-state index contributed by atoms with van der Waals surface area (Å²) in [5.41, 5.74) is 6.21. The van der Waals surface area contributed by atoms with Gasteiger partial charge >= 0.3 is 0 Å². The maximum Gasteiger partial charge on any atom is 0.269 e. The van der Waals surface area contributed by atoms with Crippen molar-refractivity contribution in [3.05, 3.63) is 35.4 Å². The van der Waals surface area contributed by atoms with Crippen molar-refractivity contribution in [2.45, 2.75) is 65.3 Å². The molecule has 4 saturated carbocycles. The quantitative estimate of drug-likeness (QED) is 0.651. The molecular weight excluding hydrogens is 378 g/mol. The van der Waals surface area contributed by atoms with E-state index in [9.17, 15) is 14.4 Å². The SMILES string of the molecule is Cc1ccc(C(=O)NNC(=O)[C@H](NC(=O)C23CC4CC(CC(C4)C2)C3)C(C)C)cc1. The van der Waals surface area contributed by atoms with Crippen LogP contribution >= 0.6 is 0 Å². The largest absolute Gasteiger partial charge is 0.344 e. The molecule has 0 spiro atoms. The average molecular weight is 412 g/mol. The fraction of sp³-hybridized carbons (Fsp3) is 0.625. The van der Waals surface area contributed by atoms with E-state index in [1.807, 2.05) is 32.9 Å². The summed E-state index contributed by atoms with van der Waals surface area (Å²) in [5.74, 6) is 1.19. The van der Waals surface area contributed by atoms with Crippen LogP contribution in [0.3, 0.4) is 0 Å². The van der Waals surface area contributed by atoms with Gasteiger partial charge in [-0.2, -0.15) is 0 Å². The van der Waals surface area contributed by atoms with Gasteiger partial charge in [0, 0.05) is 11.0 Å². The van der Waals surface area contributed by atoms with Gasteiger partial charge in [-0.1, -0.05) is 31.5 Å². The van der Waals surface area contributed by atoms with Crippen molar-refractivity contribution >= 4 is 17.7 Å². The van der Waals surface area contributed by atoms with Gasteiger partial charge in [0.15, 0.2) is 0 Å². The Balaban J connectivity index is 1.37. The lowest BCUT2D eigenvalue weighted by Gasteiger charge is -2.55. The molecule has 30 heavy (non-hydrogen) atoms. The summed E-state index contributed by atoms with van der Waals surface area (Å²) in [4.78, 5) is 38.4. The highest BCUT2D eigenvalue weighted by Gasteiger charge is 2.55. The van der Waals surface area contributed by atoms with Crippen LogP contribution in [-0.2, 0) is 9.59 Å². The molecule has 3 N–H and O–H groups in total. The Bertz CT molecular complexity index is 795. The normalized spacial score (nSPS) is 30.1. The predicted octanol–water partition coefficient (Wildman–Crippen LogP) is 3.11. The van der Waals surface area contributed by atoms with Crippen molar-refractivity contribution in [2.75, 3.05) is 0 Å². The molecular formula is C24H33N3O3. The van der Waals surface area contributed by atoms with Gasteiger partial charge < -0.3 is 5.32 Å². The van der Waals surface area contributed by atoms with E-state index < -0.39 is 6.04 Å². The summed E-state index contributed by atoms with van der Waals surface area (Å²) in [7, 11) is 0. The van der Waals surface area contributed by atoms with E-state index in [0.717, 1.165) is 24.8 Å². The van der Waals surface area contributed by atoms with Crippen LogP contribution in [0, 0.1) is 36.0 Å². The van der Waals surface area contributed by atoms with Crippen molar-refractivity contribution in [3.63, 3.8) is 0 Å². The molecule has 4 bridgehead atoms. The molecule has 1 aromatic rings.